The van der Waals surface area contributed by atoms with Gasteiger partial charge in [0, 0.05) is 23.7 Å². The number of pyridine rings is 1. The van der Waals surface area contributed by atoms with Gasteiger partial charge in [0.2, 0.25) is 0 Å². The van der Waals surface area contributed by atoms with E-state index in [2.05, 4.69) is 16.4 Å². The molecule has 6 nitrogen and oxygen atoms in total. The number of carbonyl (C=O) groups excluding carboxylic acids is 2. The van der Waals surface area contributed by atoms with Crippen LogP contribution in [0.4, 0.5) is 9.18 Å². The number of ether oxygens (including phenoxy) is 2. The number of allylic oxidation sites excluding steroid dienone is 1. The van der Waals surface area contributed by atoms with Crippen molar-refractivity contribution in [2.24, 2.45) is 29.6 Å². The van der Waals surface area contributed by atoms with Crippen molar-refractivity contribution < 1.29 is 23.5 Å². The van der Waals surface area contributed by atoms with Crippen molar-refractivity contribution in [3.05, 3.63) is 60.2 Å². The first kappa shape index (κ1) is 24.5. The Hall–Kier alpha value is -3.22. The van der Waals surface area contributed by atoms with Gasteiger partial charge in [-0.3, -0.25) is 9.78 Å². The van der Waals surface area contributed by atoms with E-state index in [1.54, 1.807) is 19.2 Å². The van der Waals surface area contributed by atoms with Crippen molar-refractivity contribution in [3.8, 4) is 11.1 Å². The maximum Gasteiger partial charge on any atom is 0.407 e. The highest BCUT2D eigenvalue weighted by atomic mass is 19.1. The summed E-state index contributed by atoms with van der Waals surface area (Å²) in [6.45, 7) is 4.15. The van der Waals surface area contributed by atoms with Crippen molar-refractivity contribution >= 4 is 18.1 Å². The first-order chi connectivity index (χ1) is 17.4. The maximum atomic E-state index is 13.6. The Morgan fingerprint density at radius 3 is 2.83 bits per heavy atom. The van der Waals surface area contributed by atoms with E-state index in [1.807, 2.05) is 31.2 Å². The Bertz CT molecular complexity index is 1130. The van der Waals surface area contributed by atoms with E-state index in [0.717, 1.165) is 42.5 Å². The lowest BCUT2D eigenvalue weighted by Gasteiger charge is -2.47. The van der Waals surface area contributed by atoms with Crippen LogP contribution in [0.2, 0.25) is 0 Å². The maximum absolute atomic E-state index is 13.6. The summed E-state index contributed by atoms with van der Waals surface area (Å²) in [5, 5.41) is 3.00. The Labute approximate surface area is 211 Å². The molecule has 0 radical (unpaired) electrons. The molecule has 7 heteroatoms. The highest BCUT2D eigenvalue weighted by Gasteiger charge is 2.54. The average Bonchev–Trinajstić information content (AvgIpc) is 3.15. The van der Waals surface area contributed by atoms with Crippen LogP contribution in [0.15, 0.2) is 48.7 Å². The predicted octanol–water partition coefficient (Wildman–Crippen LogP) is 5.63. The summed E-state index contributed by atoms with van der Waals surface area (Å²) in [5.41, 5.74) is 2.48. The van der Waals surface area contributed by atoms with Gasteiger partial charge in [0.1, 0.15) is 11.9 Å². The van der Waals surface area contributed by atoms with Crippen LogP contribution in [0.3, 0.4) is 0 Å². The van der Waals surface area contributed by atoms with E-state index >= 15 is 0 Å². The van der Waals surface area contributed by atoms with Crippen LogP contribution < -0.4 is 5.32 Å². The third-order valence-corrected chi connectivity index (χ3v) is 8.18. The number of amides is 1. The lowest BCUT2D eigenvalue weighted by molar-refractivity contribution is -0.144. The molecule has 1 aromatic carbocycles. The number of benzene rings is 1. The zero-order valence-electron chi connectivity index (χ0n) is 20.7. The number of nitrogens with zero attached hydrogens (tertiary/aromatic N) is 1. The Kier molecular flexibility index (Phi) is 7.08. The minimum absolute atomic E-state index is 0.0679. The molecule has 0 spiro atoms. The molecule has 1 amide bonds. The number of fused-ring (bicyclic) bond motifs is 2. The van der Waals surface area contributed by atoms with Crippen LogP contribution >= 0.6 is 0 Å². The van der Waals surface area contributed by atoms with Crippen molar-refractivity contribution in [1.82, 2.24) is 10.3 Å². The Balaban J connectivity index is 1.34. The van der Waals surface area contributed by atoms with Gasteiger partial charge in [0.25, 0.3) is 0 Å². The van der Waals surface area contributed by atoms with Crippen LogP contribution in [0.25, 0.3) is 17.2 Å². The van der Waals surface area contributed by atoms with Gasteiger partial charge < -0.3 is 14.8 Å². The molecule has 0 bridgehead atoms. The number of hydrogen-bond donors (Lipinski definition) is 1. The van der Waals surface area contributed by atoms with Crippen LogP contribution in [0, 0.1) is 35.4 Å². The van der Waals surface area contributed by atoms with Gasteiger partial charge in [-0.2, -0.15) is 0 Å². The second-order valence-electron chi connectivity index (χ2n) is 10.3. The van der Waals surface area contributed by atoms with Gasteiger partial charge >= 0.3 is 12.1 Å². The molecule has 1 aliphatic heterocycles. The lowest BCUT2D eigenvalue weighted by atomic mass is 9.57. The van der Waals surface area contributed by atoms with E-state index in [1.165, 1.54) is 12.1 Å². The Morgan fingerprint density at radius 2 is 2.08 bits per heavy atom. The third-order valence-electron chi connectivity index (χ3n) is 8.18. The van der Waals surface area contributed by atoms with Gasteiger partial charge in [0.05, 0.1) is 18.2 Å². The topological polar surface area (TPSA) is 77.5 Å². The van der Waals surface area contributed by atoms with Gasteiger partial charge in [-0.1, -0.05) is 24.3 Å². The average molecular weight is 493 g/mol. The van der Waals surface area contributed by atoms with Crippen LogP contribution in [0.5, 0.6) is 0 Å². The van der Waals surface area contributed by atoms with Crippen LogP contribution in [0.1, 0.15) is 45.2 Å². The predicted molar refractivity (Wildman–Crippen MR) is 134 cm³/mol. The van der Waals surface area contributed by atoms with Crippen molar-refractivity contribution in [3.63, 3.8) is 0 Å². The number of aromatic nitrogens is 1. The summed E-state index contributed by atoms with van der Waals surface area (Å²) in [6, 6.07) is 10.4. The molecule has 1 saturated heterocycles. The number of esters is 1. The molecule has 0 unspecified atom stereocenters. The van der Waals surface area contributed by atoms with Gasteiger partial charge in [0.15, 0.2) is 0 Å². The number of hydrogen-bond acceptors (Lipinski definition) is 5. The van der Waals surface area contributed by atoms with E-state index < -0.39 is 0 Å². The number of alkyl carbamates (subject to hydrolysis) is 1. The summed E-state index contributed by atoms with van der Waals surface area (Å²) >= 11 is 0. The zero-order chi connectivity index (χ0) is 25.2. The molecule has 3 fully saturated rings. The summed E-state index contributed by atoms with van der Waals surface area (Å²) in [6.07, 6.45) is 9.07. The molecule has 190 valence electrons. The summed E-state index contributed by atoms with van der Waals surface area (Å²) < 4.78 is 24.3. The normalized spacial score (nSPS) is 31.4. The number of halogens is 1. The SMILES string of the molecule is CCOC(=O)N[C@H]1CC[C@@H]2[C@@H](C1)C[C@@H]1C(=O)O[C@H](C)[C@@H]1[C@@H]2/C=C/c1ccc(-c2cccc(F)c2)cn1. The minimum atomic E-state index is -0.368. The molecule has 3 aliphatic rings. The molecule has 2 heterocycles. The second kappa shape index (κ2) is 10.4. The number of nitrogens with one attached hydrogen (secondary N) is 1. The molecule has 2 aromatic rings. The molecular weight excluding hydrogens is 459 g/mol. The highest BCUT2D eigenvalue weighted by molar-refractivity contribution is 5.75. The molecule has 2 aliphatic carbocycles. The standard InChI is InChI=1S/C29H33FN2O4/c1-3-35-29(34)32-23-10-11-24-20(14-23)15-26-27(17(2)36-28(26)33)25(24)12-9-22-8-7-19(16-31-22)18-5-4-6-21(30)13-18/h4-9,12-13,16-17,20,23-27H,3,10-11,14-15H2,1-2H3,(H,32,34)/b12-9+/t17-,20+,23+,24-,25-,26+,27-/m1/s1. The van der Waals surface area contributed by atoms with Crippen molar-refractivity contribution in [2.45, 2.75) is 51.7 Å². The highest BCUT2D eigenvalue weighted by Crippen LogP contribution is 2.53. The quantitative estimate of drug-likeness (QED) is 0.548. The fourth-order valence-electron chi connectivity index (χ4n) is 6.64. The van der Waals surface area contributed by atoms with Crippen molar-refractivity contribution in [2.75, 3.05) is 6.61 Å². The minimum Gasteiger partial charge on any atom is -0.462 e. The lowest BCUT2D eigenvalue weighted by Crippen LogP contribution is -2.48. The third kappa shape index (κ3) is 5.01. The van der Waals surface area contributed by atoms with Crippen LogP contribution in [-0.4, -0.2) is 35.8 Å². The Morgan fingerprint density at radius 1 is 1.22 bits per heavy atom. The summed E-state index contributed by atoms with van der Waals surface area (Å²) in [7, 11) is 0. The fourth-order valence-corrected chi connectivity index (χ4v) is 6.64. The second-order valence-corrected chi connectivity index (χ2v) is 10.3. The summed E-state index contributed by atoms with van der Waals surface area (Å²) in [5.74, 6) is 0.629. The first-order valence-corrected chi connectivity index (χ1v) is 13.0. The van der Waals surface area contributed by atoms with E-state index in [-0.39, 0.29) is 47.8 Å². The molecule has 2 saturated carbocycles. The monoisotopic (exact) mass is 492 g/mol. The molecule has 7 atom stereocenters. The first-order valence-electron chi connectivity index (χ1n) is 13.0. The number of cyclic esters (lactones) is 1. The molecule has 1 N–H and O–H groups in total. The van der Waals surface area contributed by atoms with E-state index in [9.17, 15) is 14.0 Å². The molecule has 1 aromatic heterocycles. The summed E-state index contributed by atoms with van der Waals surface area (Å²) in [4.78, 5) is 29.2. The fraction of sp³-hybridized carbons (Fsp3) is 0.483. The van der Waals surface area contributed by atoms with Gasteiger partial charge in [-0.05, 0) is 87.1 Å². The number of carbonyl (C=O) groups is 2. The van der Waals surface area contributed by atoms with E-state index in [4.69, 9.17) is 9.47 Å². The smallest absolute Gasteiger partial charge is 0.407 e. The molecule has 5 rings (SSSR count). The molecular formula is C29H33FN2O4. The van der Waals surface area contributed by atoms with Crippen LogP contribution in [-0.2, 0) is 14.3 Å². The number of rotatable bonds is 5. The zero-order valence-corrected chi connectivity index (χ0v) is 20.7. The molecule has 36 heavy (non-hydrogen) atoms. The van der Waals surface area contributed by atoms with Gasteiger partial charge in [-0.15, -0.1) is 0 Å². The van der Waals surface area contributed by atoms with Gasteiger partial charge in [-0.25, -0.2) is 9.18 Å². The van der Waals surface area contributed by atoms with Crippen molar-refractivity contribution in [1.29, 1.82) is 0 Å². The van der Waals surface area contributed by atoms with E-state index in [0.29, 0.717) is 18.4 Å². The largest absolute Gasteiger partial charge is 0.462 e.